The Morgan fingerprint density at radius 3 is 2.39 bits per heavy atom. The molecule has 3 heterocycles. The van der Waals surface area contributed by atoms with Gasteiger partial charge in [-0.1, -0.05) is 0 Å². The molecular weight excluding hydrogens is 226 g/mol. The van der Waals surface area contributed by atoms with E-state index in [-0.39, 0.29) is 0 Å². The highest BCUT2D eigenvalue weighted by atomic mass is 15.5. The van der Waals surface area contributed by atoms with Gasteiger partial charge in [-0.2, -0.15) is 0 Å². The second-order valence-corrected chi connectivity index (χ2v) is 6.19. The Morgan fingerprint density at radius 2 is 1.78 bits per heavy atom. The standard InChI is InChI=1S/C13H29N5/c1-17-7-10-18(11-8-17,12-9-17)6-5-15-3-2-4-16-13-14/h13,15H,2-12H2,1H3,(H2,14,16)/q+2. The molecule has 3 aliphatic rings. The Balaban J connectivity index is 1.59. The minimum absolute atomic E-state index is 0.847. The zero-order valence-corrected chi connectivity index (χ0v) is 11.8. The molecule has 5 nitrogen and oxygen atoms in total. The second kappa shape index (κ2) is 5.99. The maximum absolute atomic E-state index is 5.20. The molecule has 2 bridgehead atoms. The molecule has 0 aromatic heterocycles. The van der Waals surface area contributed by atoms with Crippen LogP contribution in [0.4, 0.5) is 0 Å². The van der Waals surface area contributed by atoms with Gasteiger partial charge in [-0.25, -0.2) is 0 Å². The lowest BCUT2D eigenvalue weighted by molar-refractivity contribution is -1.07. The van der Waals surface area contributed by atoms with Gasteiger partial charge in [-0.05, 0) is 13.0 Å². The van der Waals surface area contributed by atoms with Crippen LogP contribution in [-0.4, -0.2) is 87.8 Å². The SMILES string of the molecule is C[N+]12CC[N+](CCNCCCN=CN)(CC1)CC2. The van der Waals surface area contributed by atoms with E-state index in [0.29, 0.717) is 0 Å². The molecule has 5 heteroatoms. The first-order valence-corrected chi connectivity index (χ1v) is 7.28. The van der Waals surface area contributed by atoms with Crippen molar-refractivity contribution in [2.24, 2.45) is 10.7 Å². The number of nitrogens with one attached hydrogen (secondary N) is 1. The van der Waals surface area contributed by atoms with Crippen molar-refractivity contribution >= 4 is 6.34 Å². The summed E-state index contributed by atoms with van der Waals surface area (Å²) in [6.07, 6.45) is 2.48. The second-order valence-electron chi connectivity index (χ2n) is 6.19. The number of fused-ring (bicyclic) bond motifs is 3. The van der Waals surface area contributed by atoms with Crippen LogP contribution in [0.25, 0.3) is 0 Å². The van der Waals surface area contributed by atoms with Gasteiger partial charge in [-0.15, -0.1) is 0 Å². The number of piperazine rings is 3. The first kappa shape index (κ1) is 13.8. The summed E-state index contributed by atoms with van der Waals surface area (Å²) in [5.41, 5.74) is 5.20. The van der Waals surface area contributed by atoms with Gasteiger partial charge in [0.05, 0.1) is 19.9 Å². The van der Waals surface area contributed by atoms with Gasteiger partial charge in [0.25, 0.3) is 0 Å². The molecule has 104 valence electrons. The summed E-state index contributed by atoms with van der Waals surface area (Å²) in [6, 6.07) is 0. The minimum Gasteiger partial charge on any atom is -0.390 e. The smallest absolute Gasteiger partial charge is 0.129 e. The number of nitrogens with two attached hydrogens (primary N) is 1. The number of hydrogen-bond acceptors (Lipinski definition) is 2. The lowest BCUT2D eigenvalue weighted by Crippen LogP contribution is -2.74. The summed E-state index contributed by atoms with van der Waals surface area (Å²) >= 11 is 0. The summed E-state index contributed by atoms with van der Waals surface area (Å²) in [4.78, 5) is 4.01. The molecule has 3 fully saturated rings. The zero-order valence-electron chi connectivity index (χ0n) is 11.8. The fraction of sp³-hybridized carbons (Fsp3) is 0.923. The number of aliphatic imine (C=N–C) groups is 1. The Kier molecular flexibility index (Phi) is 4.59. The van der Waals surface area contributed by atoms with Gasteiger partial charge in [0.2, 0.25) is 0 Å². The molecule has 3 rings (SSSR count). The molecule has 0 unspecified atom stereocenters. The molecule has 0 aromatic rings. The van der Waals surface area contributed by atoms with Crippen molar-refractivity contribution in [3.63, 3.8) is 0 Å². The van der Waals surface area contributed by atoms with E-state index in [1.807, 2.05) is 0 Å². The molecule has 0 aromatic carbocycles. The fourth-order valence-corrected chi connectivity index (χ4v) is 3.18. The molecule has 0 amide bonds. The number of quaternary nitrogens is 2. The number of nitrogens with zero attached hydrogens (tertiary/aromatic N) is 3. The van der Waals surface area contributed by atoms with E-state index < -0.39 is 0 Å². The Bertz CT molecular complexity index is 265. The first-order valence-electron chi connectivity index (χ1n) is 7.28. The van der Waals surface area contributed by atoms with Crippen molar-refractivity contribution in [1.82, 2.24) is 5.32 Å². The molecule has 3 aliphatic heterocycles. The topological polar surface area (TPSA) is 50.4 Å². The van der Waals surface area contributed by atoms with Gasteiger partial charge < -0.3 is 20.0 Å². The van der Waals surface area contributed by atoms with Gasteiger partial charge >= 0.3 is 0 Å². The van der Waals surface area contributed by atoms with Crippen LogP contribution < -0.4 is 11.1 Å². The van der Waals surface area contributed by atoms with Crippen LogP contribution >= 0.6 is 0 Å². The third-order valence-corrected chi connectivity index (χ3v) is 4.85. The van der Waals surface area contributed by atoms with Crippen LogP contribution in [0.2, 0.25) is 0 Å². The number of hydrogen-bond donors (Lipinski definition) is 2. The highest BCUT2D eigenvalue weighted by molar-refractivity contribution is 5.50. The average Bonchev–Trinajstić information content (AvgIpc) is 2.40. The van der Waals surface area contributed by atoms with Crippen LogP contribution in [0.1, 0.15) is 6.42 Å². The molecule has 0 radical (unpaired) electrons. The summed E-state index contributed by atoms with van der Waals surface area (Å²) in [7, 11) is 2.42. The summed E-state index contributed by atoms with van der Waals surface area (Å²) in [5.74, 6) is 0. The summed E-state index contributed by atoms with van der Waals surface area (Å²) < 4.78 is 2.69. The fourth-order valence-electron chi connectivity index (χ4n) is 3.18. The number of rotatable bonds is 7. The predicted molar refractivity (Wildman–Crippen MR) is 75.5 cm³/mol. The molecule has 0 aliphatic carbocycles. The maximum Gasteiger partial charge on any atom is 0.129 e. The largest absolute Gasteiger partial charge is 0.390 e. The number of likely N-dealkylation sites (N-methyl/N-ethyl adjacent to an activating group) is 1. The Morgan fingerprint density at radius 1 is 1.11 bits per heavy atom. The van der Waals surface area contributed by atoms with Crippen molar-refractivity contribution in [2.75, 3.05) is 72.5 Å². The minimum atomic E-state index is 0.847. The molecule has 0 atom stereocenters. The molecule has 0 spiro atoms. The third-order valence-electron chi connectivity index (χ3n) is 4.85. The van der Waals surface area contributed by atoms with Crippen molar-refractivity contribution in [2.45, 2.75) is 6.42 Å². The third kappa shape index (κ3) is 3.43. The Labute approximate surface area is 111 Å². The van der Waals surface area contributed by atoms with Crippen LogP contribution in [0.3, 0.4) is 0 Å². The van der Waals surface area contributed by atoms with Crippen LogP contribution in [0, 0.1) is 0 Å². The van der Waals surface area contributed by atoms with Gasteiger partial charge in [0, 0.05) is 13.1 Å². The van der Waals surface area contributed by atoms with Crippen molar-refractivity contribution in [3.05, 3.63) is 0 Å². The van der Waals surface area contributed by atoms with Gasteiger partial charge in [-0.3, -0.25) is 4.99 Å². The summed E-state index contributed by atoms with van der Waals surface area (Å²) in [6.45, 7) is 12.7. The highest BCUT2D eigenvalue weighted by Gasteiger charge is 2.46. The van der Waals surface area contributed by atoms with E-state index in [2.05, 4.69) is 17.4 Å². The molecule has 3 saturated heterocycles. The maximum atomic E-state index is 5.20. The predicted octanol–water partition coefficient (Wildman–Crippen LogP) is -0.756. The zero-order chi connectivity index (χ0) is 12.9. The average molecular weight is 255 g/mol. The lowest BCUT2D eigenvalue weighted by Gasteiger charge is -2.54. The van der Waals surface area contributed by atoms with E-state index in [4.69, 9.17) is 5.73 Å². The normalized spacial score (nSPS) is 35.4. The molecule has 18 heavy (non-hydrogen) atoms. The van der Waals surface area contributed by atoms with E-state index in [9.17, 15) is 0 Å². The molecule has 3 N–H and O–H groups in total. The van der Waals surface area contributed by atoms with Crippen LogP contribution in [-0.2, 0) is 0 Å². The van der Waals surface area contributed by atoms with Gasteiger partial charge in [0.15, 0.2) is 0 Å². The monoisotopic (exact) mass is 255 g/mol. The molecular formula is C13H29N5+2. The van der Waals surface area contributed by atoms with E-state index >= 15 is 0 Å². The van der Waals surface area contributed by atoms with Crippen LogP contribution in [0.5, 0.6) is 0 Å². The quantitative estimate of drug-likeness (QED) is 0.272. The lowest BCUT2D eigenvalue weighted by atomic mass is 10.1. The van der Waals surface area contributed by atoms with E-state index in [1.165, 1.54) is 61.1 Å². The Hall–Kier alpha value is -0.650. The van der Waals surface area contributed by atoms with Gasteiger partial charge in [0.1, 0.15) is 39.3 Å². The van der Waals surface area contributed by atoms with Crippen molar-refractivity contribution in [3.8, 4) is 0 Å². The van der Waals surface area contributed by atoms with Crippen LogP contribution in [0.15, 0.2) is 4.99 Å². The van der Waals surface area contributed by atoms with Crippen molar-refractivity contribution < 1.29 is 8.97 Å². The summed E-state index contributed by atoms with van der Waals surface area (Å²) in [5, 5.41) is 3.54. The van der Waals surface area contributed by atoms with E-state index in [0.717, 1.165) is 26.1 Å². The van der Waals surface area contributed by atoms with Crippen molar-refractivity contribution in [1.29, 1.82) is 0 Å². The molecule has 0 saturated carbocycles. The first-order chi connectivity index (χ1) is 8.68. The highest BCUT2D eigenvalue weighted by Crippen LogP contribution is 2.23. The van der Waals surface area contributed by atoms with E-state index in [1.54, 1.807) is 0 Å².